The number of rotatable bonds is 5. The van der Waals surface area contributed by atoms with Crippen molar-refractivity contribution in [1.29, 1.82) is 0 Å². The van der Waals surface area contributed by atoms with Gasteiger partial charge in [-0.15, -0.1) is 0 Å². The second-order valence-corrected chi connectivity index (χ2v) is 5.55. The van der Waals surface area contributed by atoms with Gasteiger partial charge in [0, 0.05) is 6.42 Å². The maximum Gasteiger partial charge on any atom is 0.338 e. The molecule has 0 amide bonds. The maximum absolute atomic E-state index is 12.0. The van der Waals surface area contributed by atoms with Gasteiger partial charge in [0.15, 0.2) is 0 Å². The van der Waals surface area contributed by atoms with Gasteiger partial charge in [0.25, 0.3) is 0 Å². The van der Waals surface area contributed by atoms with E-state index in [4.69, 9.17) is 14.2 Å². The molecule has 2 aromatic carbocycles. The van der Waals surface area contributed by atoms with Crippen LogP contribution in [0, 0.1) is 0 Å². The van der Waals surface area contributed by atoms with Crippen LogP contribution in [0.5, 0.6) is 0 Å². The molecule has 1 heterocycles. The lowest BCUT2D eigenvalue weighted by molar-refractivity contribution is 0.0116. The molecule has 0 N–H and O–H groups in total. The SMILES string of the molecule is O=C(OC[C@@H]1C[C@H](OC(=O)c2ccccc2)CO1)c1ccccc1. The van der Waals surface area contributed by atoms with Crippen molar-refractivity contribution in [2.75, 3.05) is 13.2 Å². The summed E-state index contributed by atoms with van der Waals surface area (Å²) in [5, 5.41) is 0. The molecular weight excluding hydrogens is 308 g/mol. The van der Waals surface area contributed by atoms with Crippen LogP contribution in [0.4, 0.5) is 0 Å². The molecule has 0 aliphatic carbocycles. The Morgan fingerprint density at radius 2 is 1.50 bits per heavy atom. The van der Waals surface area contributed by atoms with Crippen LogP contribution < -0.4 is 0 Å². The predicted octanol–water partition coefficient (Wildman–Crippen LogP) is 2.86. The summed E-state index contributed by atoms with van der Waals surface area (Å²) < 4.78 is 16.2. The second-order valence-electron chi connectivity index (χ2n) is 5.55. The molecule has 2 atom stereocenters. The second kappa shape index (κ2) is 7.75. The van der Waals surface area contributed by atoms with E-state index in [1.165, 1.54) is 0 Å². The number of carbonyl (C=O) groups excluding carboxylic acids is 2. The highest BCUT2D eigenvalue weighted by molar-refractivity contribution is 5.89. The van der Waals surface area contributed by atoms with E-state index in [1.807, 2.05) is 12.1 Å². The van der Waals surface area contributed by atoms with E-state index < -0.39 is 0 Å². The van der Waals surface area contributed by atoms with Crippen LogP contribution in [0.1, 0.15) is 27.1 Å². The predicted molar refractivity (Wildman–Crippen MR) is 86.7 cm³/mol. The normalized spacial score (nSPS) is 19.7. The van der Waals surface area contributed by atoms with Gasteiger partial charge in [-0.05, 0) is 24.3 Å². The molecule has 1 aliphatic heterocycles. The molecule has 0 radical (unpaired) electrons. The first kappa shape index (κ1) is 16.2. The van der Waals surface area contributed by atoms with Crippen molar-refractivity contribution in [3.05, 3.63) is 71.8 Å². The van der Waals surface area contributed by atoms with Crippen molar-refractivity contribution in [3.8, 4) is 0 Å². The van der Waals surface area contributed by atoms with Crippen molar-refractivity contribution in [3.63, 3.8) is 0 Å². The van der Waals surface area contributed by atoms with Gasteiger partial charge >= 0.3 is 11.9 Å². The van der Waals surface area contributed by atoms with Crippen LogP contribution in [0.25, 0.3) is 0 Å². The van der Waals surface area contributed by atoms with E-state index in [1.54, 1.807) is 48.5 Å². The zero-order valence-corrected chi connectivity index (χ0v) is 13.1. The Morgan fingerprint density at radius 3 is 2.12 bits per heavy atom. The van der Waals surface area contributed by atoms with Crippen molar-refractivity contribution in [1.82, 2.24) is 0 Å². The van der Waals surface area contributed by atoms with Crippen molar-refractivity contribution >= 4 is 11.9 Å². The molecule has 0 bridgehead atoms. The summed E-state index contributed by atoms with van der Waals surface area (Å²) in [6.45, 7) is 0.458. The number of benzene rings is 2. The number of hydrogen-bond donors (Lipinski definition) is 0. The zero-order chi connectivity index (χ0) is 16.8. The fraction of sp³-hybridized carbons (Fsp3) is 0.263. The average molecular weight is 326 g/mol. The van der Waals surface area contributed by atoms with Gasteiger partial charge in [0.05, 0.1) is 23.8 Å². The summed E-state index contributed by atoms with van der Waals surface area (Å²) in [6, 6.07) is 17.6. The minimum Gasteiger partial charge on any atom is -0.459 e. The standard InChI is InChI=1S/C19H18O5/c20-18(14-7-3-1-4-8-14)23-12-16-11-17(13-22-16)24-19(21)15-9-5-2-6-10-15/h1-10,16-17H,11-13H2/t16-,17-/m0/s1. The third kappa shape index (κ3) is 4.20. The fourth-order valence-electron chi connectivity index (χ4n) is 2.49. The molecule has 5 nitrogen and oxygen atoms in total. The van der Waals surface area contributed by atoms with Crippen LogP contribution in [-0.4, -0.2) is 37.4 Å². The fourth-order valence-corrected chi connectivity index (χ4v) is 2.49. The Hall–Kier alpha value is -2.66. The summed E-state index contributed by atoms with van der Waals surface area (Å²) in [4.78, 5) is 23.9. The maximum atomic E-state index is 12.0. The van der Waals surface area contributed by atoms with E-state index in [0.717, 1.165) is 0 Å². The molecular formula is C19H18O5. The van der Waals surface area contributed by atoms with Gasteiger partial charge in [-0.25, -0.2) is 9.59 Å². The molecule has 5 heteroatoms. The first-order chi connectivity index (χ1) is 11.7. The molecule has 0 spiro atoms. The largest absolute Gasteiger partial charge is 0.459 e. The lowest BCUT2D eigenvalue weighted by atomic mass is 10.2. The average Bonchev–Trinajstić information content (AvgIpc) is 3.08. The highest BCUT2D eigenvalue weighted by Gasteiger charge is 2.29. The van der Waals surface area contributed by atoms with Crippen molar-refractivity contribution in [2.45, 2.75) is 18.6 Å². The molecule has 0 aromatic heterocycles. The third-order valence-electron chi connectivity index (χ3n) is 3.74. The Morgan fingerprint density at radius 1 is 0.917 bits per heavy atom. The minimum atomic E-state index is -0.385. The molecule has 3 rings (SSSR count). The monoisotopic (exact) mass is 326 g/mol. The molecule has 0 unspecified atom stereocenters. The van der Waals surface area contributed by atoms with Crippen molar-refractivity contribution in [2.24, 2.45) is 0 Å². The number of esters is 2. The van der Waals surface area contributed by atoms with Crippen LogP contribution >= 0.6 is 0 Å². The molecule has 0 saturated carbocycles. The first-order valence-electron chi connectivity index (χ1n) is 7.82. The molecule has 2 aromatic rings. The Balaban J connectivity index is 1.44. The van der Waals surface area contributed by atoms with E-state index in [-0.39, 0.29) is 30.8 Å². The zero-order valence-electron chi connectivity index (χ0n) is 13.1. The molecule has 24 heavy (non-hydrogen) atoms. The van der Waals surface area contributed by atoms with Crippen LogP contribution in [-0.2, 0) is 14.2 Å². The quantitative estimate of drug-likeness (QED) is 0.791. The van der Waals surface area contributed by atoms with E-state index >= 15 is 0 Å². The van der Waals surface area contributed by atoms with Gasteiger partial charge < -0.3 is 14.2 Å². The van der Waals surface area contributed by atoms with E-state index in [0.29, 0.717) is 24.2 Å². The topological polar surface area (TPSA) is 61.8 Å². The summed E-state index contributed by atoms with van der Waals surface area (Å²) in [7, 11) is 0. The van der Waals surface area contributed by atoms with Crippen LogP contribution in [0.3, 0.4) is 0 Å². The molecule has 124 valence electrons. The number of ether oxygens (including phenoxy) is 3. The van der Waals surface area contributed by atoms with Gasteiger partial charge in [-0.3, -0.25) is 0 Å². The Kier molecular flexibility index (Phi) is 5.23. The first-order valence-corrected chi connectivity index (χ1v) is 7.82. The smallest absolute Gasteiger partial charge is 0.338 e. The summed E-state index contributed by atoms with van der Waals surface area (Å²) in [6.07, 6.45) is -0.0648. The summed E-state index contributed by atoms with van der Waals surface area (Å²) in [5.74, 6) is -0.755. The van der Waals surface area contributed by atoms with Gasteiger partial charge in [0.2, 0.25) is 0 Å². The number of carbonyl (C=O) groups is 2. The van der Waals surface area contributed by atoms with E-state index in [2.05, 4.69) is 0 Å². The van der Waals surface area contributed by atoms with Crippen LogP contribution in [0.2, 0.25) is 0 Å². The minimum absolute atomic E-state index is 0.146. The molecule has 1 saturated heterocycles. The molecule has 1 fully saturated rings. The molecule has 1 aliphatic rings. The van der Waals surface area contributed by atoms with Gasteiger partial charge in [-0.2, -0.15) is 0 Å². The van der Waals surface area contributed by atoms with Gasteiger partial charge in [0.1, 0.15) is 12.7 Å². The highest BCUT2D eigenvalue weighted by atomic mass is 16.6. The number of hydrogen-bond acceptors (Lipinski definition) is 5. The van der Waals surface area contributed by atoms with Gasteiger partial charge in [-0.1, -0.05) is 36.4 Å². The highest BCUT2D eigenvalue weighted by Crippen LogP contribution is 2.18. The van der Waals surface area contributed by atoms with E-state index in [9.17, 15) is 9.59 Å². The van der Waals surface area contributed by atoms with Crippen molar-refractivity contribution < 1.29 is 23.8 Å². The summed E-state index contributed by atoms with van der Waals surface area (Å²) >= 11 is 0. The lowest BCUT2D eigenvalue weighted by Crippen LogP contribution is -2.20. The Bertz CT molecular complexity index is 683. The summed E-state index contributed by atoms with van der Waals surface area (Å²) in [5.41, 5.74) is 1.01. The lowest BCUT2D eigenvalue weighted by Gasteiger charge is -2.11. The van der Waals surface area contributed by atoms with Crippen LogP contribution in [0.15, 0.2) is 60.7 Å². The third-order valence-corrected chi connectivity index (χ3v) is 3.74. The Labute approximate surface area is 140 Å².